The third kappa shape index (κ3) is 4.62. The van der Waals surface area contributed by atoms with Gasteiger partial charge in [0.05, 0.1) is 5.57 Å². The molecule has 19 heavy (non-hydrogen) atoms. The normalized spacial score (nSPS) is 9.47. The molecule has 0 aliphatic heterocycles. The predicted molar refractivity (Wildman–Crippen MR) is 76.8 cm³/mol. The third-order valence-electron chi connectivity index (χ3n) is 2.56. The van der Waals surface area contributed by atoms with Gasteiger partial charge in [-0.25, -0.2) is 0 Å². The number of hydrogen-bond acceptors (Lipinski definition) is 3. The molecule has 0 aromatic heterocycles. The van der Waals surface area contributed by atoms with Gasteiger partial charge < -0.3 is 0 Å². The highest BCUT2D eigenvalue weighted by atomic mass is 16.2. The quantitative estimate of drug-likeness (QED) is 0.401. The van der Waals surface area contributed by atoms with Gasteiger partial charge in [-0.15, -0.1) is 0 Å². The number of carbonyl (C=O) groups is 3. The molecule has 0 rings (SSSR count). The summed E-state index contributed by atoms with van der Waals surface area (Å²) in [7, 11) is 0. The van der Waals surface area contributed by atoms with Gasteiger partial charge in [0.15, 0.2) is 17.3 Å². The second-order valence-corrected chi connectivity index (χ2v) is 4.75. The summed E-state index contributed by atoms with van der Waals surface area (Å²) in [5.41, 5.74) is 1.33. The van der Waals surface area contributed by atoms with Gasteiger partial charge in [-0.1, -0.05) is 25.3 Å². The highest BCUT2D eigenvalue weighted by Crippen LogP contribution is 2.18. The van der Waals surface area contributed by atoms with E-state index >= 15 is 0 Å². The van der Waals surface area contributed by atoms with Gasteiger partial charge in [0, 0.05) is 6.42 Å². The summed E-state index contributed by atoms with van der Waals surface area (Å²) < 4.78 is 0. The summed E-state index contributed by atoms with van der Waals surface area (Å²) in [5.74, 6) is -1.08. The molecule has 102 valence electrons. The van der Waals surface area contributed by atoms with E-state index in [9.17, 15) is 14.4 Å². The van der Waals surface area contributed by atoms with Crippen molar-refractivity contribution in [2.75, 3.05) is 0 Å². The van der Waals surface area contributed by atoms with E-state index in [2.05, 4.69) is 19.7 Å². The van der Waals surface area contributed by atoms with Crippen molar-refractivity contribution in [1.82, 2.24) is 0 Å². The number of ketones is 3. The van der Waals surface area contributed by atoms with Crippen LogP contribution in [-0.4, -0.2) is 17.3 Å². The lowest BCUT2D eigenvalue weighted by Gasteiger charge is -2.10. The van der Waals surface area contributed by atoms with Crippen LogP contribution in [0.15, 0.2) is 47.6 Å². The molecule has 0 bridgehead atoms. The van der Waals surface area contributed by atoms with Crippen LogP contribution in [0.1, 0.15) is 34.1 Å². The summed E-state index contributed by atoms with van der Waals surface area (Å²) in [6, 6.07) is 0. The Kier molecular flexibility index (Phi) is 6.06. The lowest BCUT2D eigenvalue weighted by molar-refractivity contribution is -0.117. The summed E-state index contributed by atoms with van der Waals surface area (Å²) in [6.45, 7) is 16.9. The maximum Gasteiger partial charge on any atom is 0.192 e. The van der Waals surface area contributed by atoms with Crippen molar-refractivity contribution in [2.45, 2.75) is 34.1 Å². The van der Waals surface area contributed by atoms with Crippen molar-refractivity contribution in [2.24, 2.45) is 0 Å². The van der Waals surface area contributed by atoms with Crippen molar-refractivity contribution in [3.8, 4) is 0 Å². The van der Waals surface area contributed by atoms with Gasteiger partial charge in [-0.2, -0.15) is 0 Å². The van der Waals surface area contributed by atoms with E-state index in [0.29, 0.717) is 11.1 Å². The SMILES string of the molecule is C=C(C)C(=O)CC(C)=C(C(=O)C(=C)C)C(=O)C(=C)C. The zero-order chi connectivity index (χ0) is 15.3. The zero-order valence-electron chi connectivity index (χ0n) is 12.1. The van der Waals surface area contributed by atoms with Gasteiger partial charge in [0.1, 0.15) is 0 Å². The first-order valence-corrected chi connectivity index (χ1v) is 5.88. The molecule has 0 saturated heterocycles. The molecule has 0 aromatic carbocycles. The Balaban J connectivity index is 5.69. The van der Waals surface area contributed by atoms with E-state index in [1.807, 2.05) is 0 Å². The minimum atomic E-state index is -0.444. The van der Waals surface area contributed by atoms with Gasteiger partial charge in [-0.05, 0) is 44.4 Å². The topological polar surface area (TPSA) is 51.2 Å². The smallest absolute Gasteiger partial charge is 0.192 e. The minimum Gasteiger partial charge on any atom is -0.294 e. The van der Waals surface area contributed by atoms with Crippen LogP contribution in [0, 0.1) is 0 Å². The van der Waals surface area contributed by atoms with E-state index in [1.165, 1.54) is 13.8 Å². The number of hydrogen-bond donors (Lipinski definition) is 0. The van der Waals surface area contributed by atoms with Crippen LogP contribution < -0.4 is 0 Å². The van der Waals surface area contributed by atoms with Crippen LogP contribution in [-0.2, 0) is 14.4 Å². The minimum absolute atomic E-state index is 0.00269. The largest absolute Gasteiger partial charge is 0.294 e. The van der Waals surface area contributed by atoms with Gasteiger partial charge in [-0.3, -0.25) is 14.4 Å². The fourth-order valence-corrected chi connectivity index (χ4v) is 1.40. The Morgan fingerprint density at radius 2 is 1.11 bits per heavy atom. The summed E-state index contributed by atoms with van der Waals surface area (Å²) in [5, 5.41) is 0. The van der Waals surface area contributed by atoms with Crippen molar-refractivity contribution in [1.29, 1.82) is 0 Å². The second kappa shape index (κ2) is 6.78. The van der Waals surface area contributed by atoms with E-state index in [4.69, 9.17) is 0 Å². The number of Topliss-reactive ketones (excluding diaryl/α,β-unsaturated/α-hetero) is 3. The van der Waals surface area contributed by atoms with Crippen LogP contribution in [0.2, 0.25) is 0 Å². The van der Waals surface area contributed by atoms with Gasteiger partial charge in [0.25, 0.3) is 0 Å². The number of rotatable bonds is 7. The van der Waals surface area contributed by atoms with E-state index in [1.54, 1.807) is 13.8 Å². The van der Waals surface area contributed by atoms with Crippen molar-refractivity contribution in [3.05, 3.63) is 47.6 Å². The molecule has 0 atom stereocenters. The first kappa shape index (κ1) is 17.0. The fourth-order valence-electron chi connectivity index (χ4n) is 1.40. The van der Waals surface area contributed by atoms with E-state index < -0.39 is 11.6 Å². The maximum absolute atomic E-state index is 12.0. The average Bonchev–Trinajstić information content (AvgIpc) is 2.28. The number of allylic oxidation sites excluding steroid dienone is 5. The third-order valence-corrected chi connectivity index (χ3v) is 2.56. The average molecular weight is 260 g/mol. The van der Waals surface area contributed by atoms with Crippen LogP contribution >= 0.6 is 0 Å². The standard InChI is InChI=1S/C16H20O3/c1-9(2)13(17)8-12(7)14(15(18)10(3)4)16(19)11(5)6/h1,3,5,8H2,2,4,6-7H3. The summed E-state index contributed by atoms with van der Waals surface area (Å²) in [4.78, 5) is 35.7. The van der Waals surface area contributed by atoms with Gasteiger partial charge in [0.2, 0.25) is 0 Å². The fraction of sp³-hybridized carbons (Fsp3) is 0.312. The van der Waals surface area contributed by atoms with E-state index in [-0.39, 0.29) is 28.9 Å². The van der Waals surface area contributed by atoms with Crippen molar-refractivity contribution in [3.63, 3.8) is 0 Å². The molecule has 0 aliphatic carbocycles. The lowest BCUT2D eigenvalue weighted by Crippen LogP contribution is -2.17. The first-order chi connectivity index (χ1) is 8.59. The maximum atomic E-state index is 12.0. The Hall–Kier alpha value is -2.03. The predicted octanol–water partition coefficient (Wildman–Crippen LogP) is 3.13. The lowest BCUT2D eigenvalue weighted by atomic mass is 9.91. The Labute approximate surface area is 114 Å². The monoisotopic (exact) mass is 260 g/mol. The molecular formula is C16H20O3. The Morgan fingerprint density at radius 1 is 0.737 bits per heavy atom. The van der Waals surface area contributed by atoms with Gasteiger partial charge >= 0.3 is 0 Å². The molecule has 0 radical (unpaired) electrons. The molecule has 0 aromatic rings. The Morgan fingerprint density at radius 3 is 1.37 bits per heavy atom. The summed E-state index contributed by atoms with van der Waals surface area (Å²) >= 11 is 0. The van der Waals surface area contributed by atoms with Crippen LogP contribution in [0.5, 0.6) is 0 Å². The van der Waals surface area contributed by atoms with E-state index in [0.717, 1.165) is 0 Å². The van der Waals surface area contributed by atoms with Crippen molar-refractivity contribution < 1.29 is 14.4 Å². The number of carbonyl (C=O) groups excluding carboxylic acids is 3. The van der Waals surface area contributed by atoms with Crippen LogP contribution in [0.3, 0.4) is 0 Å². The first-order valence-electron chi connectivity index (χ1n) is 5.88. The molecule has 0 saturated carbocycles. The van der Waals surface area contributed by atoms with Crippen molar-refractivity contribution >= 4 is 17.3 Å². The van der Waals surface area contributed by atoms with Crippen LogP contribution in [0.25, 0.3) is 0 Å². The Bertz CT molecular complexity index is 488. The molecule has 0 unspecified atom stereocenters. The molecule has 0 amide bonds. The highest BCUT2D eigenvalue weighted by Gasteiger charge is 2.23. The molecule has 3 heteroatoms. The van der Waals surface area contributed by atoms with Crippen LogP contribution in [0.4, 0.5) is 0 Å². The summed E-state index contributed by atoms with van der Waals surface area (Å²) in [6.07, 6.45) is 0.00269. The molecule has 3 nitrogen and oxygen atoms in total. The highest BCUT2D eigenvalue weighted by molar-refractivity contribution is 6.30. The zero-order valence-corrected chi connectivity index (χ0v) is 12.1. The molecular weight excluding hydrogens is 240 g/mol. The molecule has 0 spiro atoms. The molecule has 0 heterocycles. The molecule has 0 N–H and O–H groups in total. The molecule has 0 fully saturated rings. The molecule has 0 aliphatic rings. The second-order valence-electron chi connectivity index (χ2n) is 4.75.